The molecule has 2 heterocycles. The summed E-state index contributed by atoms with van der Waals surface area (Å²) in [5.74, 6) is 0.786. The first-order chi connectivity index (χ1) is 16.1. The largest absolute Gasteiger partial charge is 0.497 e. The van der Waals surface area contributed by atoms with Crippen molar-refractivity contribution in [3.05, 3.63) is 59.8 Å². The molecule has 0 unspecified atom stereocenters. The van der Waals surface area contributed by atoms with Crippen molar-refractivity contribution in [1.82, 2.24) is 14.8 Å². The highest BCUT2D eigenvalue weighted by Crippen LogP contribution is 2.29. The Balaban J connectivity index is 1.32. The predicted octanol–water partition coefficient (Wildman–Crippen LogP) is 4.31. The maximum atomic E-state index is 13.2. The molecule has 0 bridgehead atoms. The minimum atomic E-state index is 0.00880. The number of para-hydroxylation sites is 1. The fourth-order valence-corrected chi connectivity index (χ4v) is 4.85. The predicted molar refractivity (Wildman–Crippen MR) is 136 cm³/mol. The first-order valence-corrected chi connectivity index (χ1v) is 12.1. The van der Waals surface area contributed by atoms with Gasteiger partial charge >= 0.3 is 0 Å². The number of carbonyl (C=O) groups is 1. The third-order valence-electron chi connectivity index (χ3n) is 6.64. The van der Waals surface area contributed by atoms with Crippen molar-refractivity contribution in [3.63, 3.8) is 0 Å². The molecule has 1 aliphatic heterocycles. The summed E-state index contributed by atoms with van der Waals surface area (Å²) in [5, 5.41) is 4.14. The Morgan fingerprint density at radius 1 is 1.03 bits per heavy atom. The minimum Gasteiger partial charge on any atom is -0.497 e. The molecule has 6 nitrogen and oxygen atoms in total. The van der Waals surface area contributed by atoms with Gasteiger partial charge in [-0.05, 0) is 56.6 Å². The molecule has 0 radical (unpaired) electrons. The van der Waals surface area contributed by atoms with Crippen LogP contribution in [0.15, 0.2) is 48.5 Å². The van der Waals surface area contributed by atoms with E-state index < -0.39 is 0 Å². The zero-order valence-electron chi connectivity index (χ0n) is 20.1. The Kier molecular flexibility index (Phi) is 7.55. The van der Waals surface area contributed by atoms with Gasteiger partial charge in [0.05, 0.1) is 12.7 Å². The molecule has 1 fully saturated rings. The van der Waals surface area contributed by atoms with Gasteiger partial charge in [0.2, 0.25) is 0 Å². The van der Waals surface area contributed by atoms with E-state index in [1.807, 2.05) is 19.1 Å². The maximum absolute atomic E-state index is 13.2. The second-order valence-corrected chi connectivity index (χ2v) is 8.77. The van der Waals surface area contributed by atoms with Gasteiger partial charge in [-0.3, -0.25) is 9.69 Å². The van der Waals surface area contributed by atoms with Crippen molar-refractivity contribution in [2.45, 2.75) is 33.2 Å². The lowest BCUT2D eigenvalue weighted by molar-refractivity contribution is 0.0952. The number of nitrogens with one attached hydrogen (secondary N) is 1. The Hall–Kier alpha value is -2.99. The lowest BCUT2D eigenvalue weighted by Gasteiger charge is -2.36. The van der Waals surface area contributed by atoms with Crippen LogP contribution in [-0.2, 0) is 6.54 Å². The third kappa shape index (κ3) is 5.17. The van der Waals surface area contributed by atoms with E-state index in [0.29, 0.717) is 6.54 Å². The molecular weight excluding hydrogens is 412 g/mol. The number of fused-ring (bicyclic) bond motifs is 1. The number of piperazine rings is 1. The standard InChI is InChI=1S/C27H36N4O2/c1-4-14-31-21(2)26(24-20-23(33-3)11-12-25(24)31)27(32)28-13-8-15-29-16-18-30(19-17-29)22-9-6-5-7-10-22/h5-7,9-12,20H,4,8,13-19H2,1-3H3,(H,28,32). The number of benzene rings is 2. The molecular formula is C27H36N4O2. The summed E-state index contributed by atoms with van der Waals surface area (Å²) in [6.07, 6.45) is 1.97. The Morgan fingerprint density at radius 2 is 1.79 bits per heavy atom. The molecule has 4 rings (SSSR count). The molecule has 1 aliphatic rings. The number of aryl methyl sites for hydroxylation is 1. The summed E-state index contributed by atoms with van der Waals surface area (Å²) in [7, 11) is 1.66. The molecule has 0 aliphatic carbocycles. The Labute approximate surface area is 197 Å². The molecule has 3 aromatic rings. The van der Waals surface area contributed by atoms with Crippen LogP contribution in [0.3, 0.4) is 0 Å². The number of rotatable bonds is 9. The van der Waals surface area contributed by atoms with Gasteiger partial charge in [-0.15, -0.1) is 0 Å². The number of methoxy groups -OCH3 is 1. The van der Waals surface area contributed by atoms with Crippen molar-refractivity contribution in [3.8, 4) is 5.75 Å². The van der Waals surface area contributed by atoms with E-state index >= 15 is 0 Å². The van der Waals surface area contributed by atoms with Gasteiger partial charge in [-0.1, -0.05) is 25.1 Å². The summed E-state index contributed by atoms with van der Waals surface area (Å²) in [4.78, 5) is 18.1. The second-order valence-electron chi connectivity index (χ2n) is 8.77. The molecule has 6 heteroatoms. The number of hydrogen-bond acceptors (Lipinski definition) is 4. The molecule has 1 aromatic heterocycles. The number of aromatic nitrogens is 1. The SMILES string of the molecule is CCCn1c(C)c(C(=O)NCCCN2CCN(c3ccccc3)CC2)c2cc(OC)ccc21. The average Bonchev–Trinajstić information content (AvgIpc) is 3.13. The van der Waals surface area contributed by atoms with E-state index in [9.17, 15) is 4.79 Å². The normalized spacial score (nSPS) is 14.6. The zero-order valence-corrected chi connectivity index (χ0v) is 20.1. The highest BCUT2D eigenvalue weighted by atomic mass is 16.5. The fraction of sp³-hybridized carbons (Fsp3) is 0.444. The quantitative estimate of drug-likeness (QED) is 0.496. The Bertz CT molecular complexity index is 1070. The van der Waals surface area contributed by atoms with E-state index in [4.69, 9.17) is 4.74 Å². The fourth-order valence-electron chi connectivity index (χ4n) is 4.85. The van der Waals surface area contributed by atoms with E-state index in [1.54, 1.807) is 7.11 Å². The molecule has 1 N–H and O–H groups in total. The Morgan fingerprint density at radius 3 is 2.48 bits per heavy atom. The molecule has 33 heavy (non-hydrogen) atoms. The van der Waals surface area contributed by atoms with Crippen LogP contribution in [-0.4, -0.2) is 61.8 Å². The van der Waals surface area contributed by atoms with Crippen LogP contribution in [0.4, 0.5) is 5.69 Å². The molecule has 0 saturated carbocycles. The number of ether oxygens (including phenoxy) is 1. The van der Waals surface area contributed by atoms with Crippen molar-refractivity contribution in [2.24, 2.45) is 0 Å². The van der Waals surface area contributed by atoms with E-state index in [0.717, 1.165) is 80.0 Å². The van der Waals surface area contributed by atoms with Crippen LogP contribution in [0.5, 0.6) is 5.75 Å². The van der Waals surface area contributed by atoms with E-state index in [1.165, 1.54) is 5.69 Å². The molecule has 176 valence electrons. The van der Waals surface area contributed by atoms with Crippen molar-refractivity contribution in [2.75, 3.05) is 51.3 Å². The smallest absolute Gasteiger partial charge is 0.253 e. The van der Waals surface area contributed by atoms with Crippen molar-refractivity contribution in [1.29, 1.82) is 0 Å². The first kappa shape index (κ1) is 23.2. The zero-order chi connectivity index (χ0) is 23.2. The summed E-state index contributed by atoms with van der Waals surface area (Å²) >= 11 is 0. The molecule has 0 spiro atoms. The second kappa shape index (κ2) is 10.8. The van der Waals surface area contributed by atoms with Crippen molar-refractivity contribution < 1.29 is 9.53 Å². The maximum Gasteiger partial charge on any atom is 0.253 e. The van der Waals surface area contributed by atoms with Crippen LogP contribution in [0.25, 0.3) is 10.9 Å². The number of anilines is 1. The van der Waals surface area contributed by atoms with Gasteiger partial charge in [0.25, 0.3) is 5.91 Å². The monoisotopic (exact) mass is 448 g/mol. The summed E-state index contributed by atoms with van der Waals surface area (Å²) < 4.78 is 7.66. The summed E-state index contributed by atoms with van der Waals surface area (Å²) in [6.45, 7) is 11.0. The molecule has 1 amide bonds. The number of hydrogen-bond donors (Lipinski definition) is 1. The molecule has 1 saturated heterocycles. The topological polar surface area (TPSA) is 49.7 Å². The van der Waals surface area contributed by atoms with Gasteiger partial charge in [-0.25, -0.2) is 0 Å². The van der Waals surface area contributed by atoms with E-state index in [-0.39, 0.29) is 5.91 Å². The van der Waals surface area contributed by atoms with Crippen LogP contribution < -0.4 is 15.0 Å². The van der Waals surface area contributed by atoms with E-state index in [2.05, 4.69) is 63.0 Å². The first-order valence-electron chi connectivity index (χ1n) is 12.1. The summed E-state index contributed by atoms with van der Waals surface area (Å²) in [5.41, 5.74) is 4.19. The van der Waals surface area contributed by atoms with Gasteiger partial charge in [0, 0.05) is 61.6 Å². The number of carbonyl (C=O) groups excluding carboxylic acids is 1. The average molecular weight is 449 g/mol. The van der Waals surface area contributed by atoms with Crippen LogP contribution in [0.1, 0.15) is 35.8 Å². The van der Waals surface area contributed by atoms with Crippen molar-refractivity contribution >= 4 is 22.5 Å². The van der Waals surface area contributed by atoms with Crippen LogP contribution >= 0.6 is 0 Å². The van der Waals surface area contributed by atoms with Crippen LogP contribution in [0.2, 0.25) is 0 Å². The lowest BCUT2D eigenvalue weighted by atomic mass is 10.1. The van der Waals surface area contributed by atoms with Gasteiger partial charge in [0.1, 0.15) is 5.75 Å². The number of amides is 1. The minimum absolute atomic E-state index is 0.00880. The third-order valence-corrected chi connectivity index (χ3v) is 6.64. The van der Waals surface area contributed by atoms with Crippen LogP contribution in [0, 0.1) is 6.92 Å². The molecule has 0 atom stereocenters. The summed E-state index contributed by atoms with van der Waals surface area (Å²) in [6, 6.07) is 16.6. The highest BCUT2D eigenvalue weighted by molar-refractivity contribution is 6.08. The highest BCUT2D eigenvalue weighted by Gasteiger charge is 2.21. The van der Waals surface area contributed by atoms with Gasteiger partial charge < -0.3 is 19.5 Å². The van der Waals surface area contributed by atoms with Gasteiger partial charge in [-0.2, -0.15) is 0 Å². The number of nitrogens with zero attached hydrogens (tertiary/aromatic N) is 3. The molecule has 2 aromatic carbocycles. The van der Waals surface area contributed by atoms with Gasteiger partial charge in [0.15, 0.2) is 0 Å². The lowest BCUT2D eigenvalue weighted by Crippen LogP contribution is -2.47.